The van der Waals surface area contributed by atoms with E-state index in [-0.39, 0.29) is 25.4 Å². The second-order valence-corrected chi connectivity index (χ2v) is 8.52. The summed E-state index contributed by atoms with van der Waals surface area (Å²) in [6.45, 7) is 1.79. The van der Waals surface area contributed by atoms with E-state index in [2.05, 4.69) is 22.8 Å². The summed E-state index contributed by atoms with van der Waals surface area (Å²) in [7, 11) is 0. The summed E-state index contributed by atoms with van der Waals surface area (Å²) >= 11 is 0. The third kappa shape index (κ3) is 5.51. The number of nitrogens with one attached hydrogen (secondary N) is 2. The average Bonchev–Trinajstić information content (AvgIpc) is 3.19. The number of rotatable bonds is 9. The minimum absolute atomic E-state index is 0.106. The van der Waals surface area contributed by atoms with Gasteiger partial charge in [0.25, 0.3) is 0 Å². The molecule has 2 amide bonds. The van der Waals surface area contributed by atoms with Gasteiger partial charge < -0.3 is 20.5 Å². The van der Waals surface area contributed by atoms with Crippen LogP contribution in [0.3, 0.4) is 0 Å². The number of amides is 2. The van der Waals surface area contributed by atoms with Crippen LogP contribution in [0.15, 0.2) is 78.9 Å². The van der Waals surface area contributed by atoms with E-state index in [1.54, 1.807) is 6.92 Å². The molecular weight excluding hydrogens is 444 g/mol. The van der Waals surface area contributed by atoms with E-state index in [4.69, 9.17) is 4.74 Å². The first kappa shape index (κ1) is 24.0. The summed E-state index contributed by atoms with van der Waals surface area (Å²) in [6.07, 6.45) is -0.303. The highest BCUT2D eigenvalue weighted by Gasteiger charge is 2.30. The molecule has 3 aromatic carbocycles. The lowest BCUT2D eigenvalue weighted by Gasteiger charge is -2.21. The zero-order chi connectivity index (χ0) is 24.8. The Morgan fingerprint density at radius 3 is 1.97 bits per heavy atom. The zero-order valence-corrected chi connectivity index (χ0v) is 19.4. The van der Waals surface area contributed by atoms with Crippen molar-refractivity contribution < 1.29 is 24.2 Å². The van der Waals surface area contributed by atoms with Crippen molar-refractivity contribution in [3.05, 3.63) is 95.6 Å². The fourth-order valence-electron chi connectivity index (χ4n) is 4.45. The number of carboxylic acids is 1. The summed E-state index contributed by atoms with van der Waals surface area (Å²) in [6, 6.07) is 23.3. The topological polar surface area (TPSA) is 105 Å². The normalized spacial score (nSPS) is 13.7. The van der Waals surface area contributed by atoms with Crippen molar-refractivity contribution in [2.45, 2.75) is 37.8 Å². The highest BCUT2D eigenvalue weighted by molar-refractivity contribution is 5.89. The SMILES string of the molecule is CC[C@@H](NC(=O)C(Cc1ccccc1)NC(=O)OCC1c2ccccc2-c2ccccc21)C(=O)O. The molecule has 3 N–H and O–H groups in total. The number of benzene rings is 3. The van der Waals surface area contributed by atoms with E-state index < -0.39 is 30.1 Å². The molecule has 1 aliphatic rings. The van der Waals surface area contributed by atoms with Gasteiger partial charge in [-0.05, 0) is 34.2 Å². The van der Waals surface area contributed by atoms with Crippen molar-refractivity contribution in [2.75, 3.05) is 6.61 Å². The van der Waals surface area contributed by atoms with Gasteiger partial charge in [-0.3, -0.25) is 4.79 Å². The maximum absolute atomic E-state index is 12.9. The van der Waals surface area contributed by atoms with Crippen molar-refractivity contribution in [3.63, 3.8) is 0 Å². The number of fused-ring (bicyclic) bond motifs is 3. The van der Waals surface area contributed by atoms with Gasteiger partial charge in [0, 0.05) is 12.3 Å². The first-order valence-electron chi connectivity index (χ1n) is 11.7. The smallest absolute Gasteiger partial charge is 0.407 e. The van der Waals surface area contributed by atoms with Crippen LogP contribution in [0.1, 0.15) is 36.0 Å². The Balaban J connectivity index is 1.46. The number of ether oxygens (including phenoxy) is 1. The minimum atomic E-state index is -1.12. The summed E-state index contributed by atoms with van der Waals surface area (Å²) in [4.78, 5) is 37.1. The Hall–Kier alpha value is -4.13. The average molecular weight is 473 g/mol. The molecule has 180 valence electrons. The van der Waals surface area contributed by atoms with Crippen LogP contribution in [0.2, 0.25) is 0 Å². The summed E-state index contributed by atoms with van der Waals surface area (Å²) in [5, 5.41) is 14.5. The van der Waals surface area contributed by atoms with Crippen LogP contribution < -0.4 is 10.6 Å². The molecule has 0 bridgehead atoms. The molecule has 0 aliphatic heterocycles. The number of carbonyl (C=O) groups is 3. The molecule has 0 fully saturated rings. The lowest BCUT2D eigenvalue weighted by Crippen LogP contribution is -2.52. The Labute approximate surface area is 204 Å². The zero-order valence-electron chi connectivity index (χ0n) is 19.4. The number of carbonyl (C=O) groups excluding carboxylic acids is 2. The molecule has 35 heavy (non-hydrogen) atoms. The van der Waals surface area contributed by atoms with E-state index in [0.717, 1.165) is 27.8 Å². The highest BCUT2D eigenvalue weighted by atomic mass is 16.5. The van der Waals surface area contributed by atoms with Crippen LogP contribution in [0.25, 0.3) is 11.1 Å². The van der Waals surface area contributed by atoms with Crippen LogP contribution in [0.5, 0.6) is 0 Å². The second-order valence-electron chi connectivity index (χ2n) is 8.52. The molecule has 0 aromatic heterocycles. The molecule has 4 rings (SSSR count). The molecule has 0 heterocycles. The molecular formula is C28H28N2O5. The first-order chi connectivity index (χ1) is 17.0. The van der Waals surface area contributed by atoms with Crippen LogP contribution in [0.4, 0.5) is 4.79 Å². The molecule has 0 radical (unpaired) electrons. The molecule has 1 aliphatic carbocycles. The molecule has 7 nitrogen and oxygen atoms in total. The molecule has 0 spiro atoms. The lowest BCUT2D eigenvalue weighted by molar-refractivity contribution is -0.142. The van der Waals surface area contributed by atoms with Crippen molar-refractivity contribution >= 4 is 18.0 Å². The minimum Gasteiger partial charge on any atom is -0.480 e. The molecule has 1 unspecified atom stereocenters. The van der Waals surface area contributed by atoms with Gasteiger partial charge in [0.15, 0.2) is 0 Å². The van der Waals surface area contributed by atoms with E-state index >= 15 is 0 Å². The maximum Gasteiger partial charge on any atom is 0.407 e. The third-order valence-electron chi connectivity index (χ3n) is 6.26. The highest BCUT2D eigenvalue weighted by Crippen LogP contribution is 2.44. The lowest BCUT2D eigenvalue weighted by atomic mass is 9.98. The van der Waals surface area contributed by atoms with Crippen LogP contribution in [-0.2, 0) is 20.7 Å². The van der Waals surface area contributed by atoms with E-state index in [9.17, 15) is 19.5 Å². The maximum atomic E-state index is 12.9. The van der Waals surface area contributed by atoms with Crippen LogP contribution >= 0.6 is 0 Å². The van der Waals surface area contributed by atoms with Gasteiger partial charge in [0.05, 0.1) is 0 Å². The summed E-state index contributed by atoms with van der Waals surface area (Å²) in [5.41, 5.74) is 5.25. The summed E-state index contributed by atoms with van der Waals surface area (Å²) in [5.74, 6) is -1.80. The Morgan fingerprint density at radius 2 is 1.40 bits per heavy atom. The van der Waals surface area contributed by atoms with Gasteiger partial charge in [-0.15, -0.1) is 0 Å². The molecule has 7 heteroatoms. The van der Waals surface area contributed by atoms with Gasteiger partial charge in [-0.1, -0.05) is 85.8 Å². The van der Waals surface area contributed by atoms with Crippen LogP contribution in [0, 0.1) is 0 Å². The Morgan fingerprint density at radius 1 is 0.829 bits per heavy atom. The van der Waals surface area contributed by atoms with Crippen molar-refractivity contribution in [1.82, 2.24) is 10.6 Å². The Bertz CT molecular complexity index is 1170. The molecule has 0 saturated heterocycles. The van der Waals surface area contributed by atoms with E-state index in [0.29, 0.717) is 0 Å². The quantitative estimate of drug-likeness (QED) is 0.435. The monoisotopic (exact) mass is 472 g/mol. The molecule has 0 saturated carbocycles. The standard InChI is InChI=1S/C28H28N2O5/c1-2-24(27(32)33)29-26(31)25(16-18-10-4-3-5-11-18)30-28(34)35-17-23-21-14-8-6-12-19(21)20-13-7-9-15-22(20)23/h3-15,23-25H,2,16-17H2,1H3,(H,29,31)(H,30,34)(H,32,33)/t24-,25?/m1/s1. The van der Waals surface area contributed by atoms with Crippen molar-refractivity contribution in [1.29, 1.82) is 0 Å². The predicted molar refractivity (Wildman–Crippen MR) is 132 cm³/mol. The van der Waals surface area contributed by atoms with E-state index in [1.165, 1.54) is 0 Å². The summed E-state index contributed by atoms with van der Waals surface area (Å²) < 4.78 is 5.59. The van der Waals surface area contributed by atoms with E-state index in [1.807, 2.05) is 66.7 Å². The number of aliphatic carboxylic acids is 1. The van der Waals surface area contributed by atoms with Gasteiger partial charge in [-0.25, -0.2) is 9.59 Å². The van der Waals surface area contributed by atoms with Gasteiger partial charge >= 0.3 is 12.1 Å². The number of alkyl carbamates (subject to hydrolysis) is 1. The first-order valence-corrected chi connectivity index (χ1v) is 11.7. The number of carboxylic acid groups (broad SMARTS) is 1. The van der Waals surface area contributed by atoms with Crippen LogP contribution in [-0.4, -0.2) is 41.8 Å². The van der Waals surface area contributed by atoms with Crippen molar-refractivity contribution in [3.8, 4) is 11.1 Å². The van der Waals surface area contributed by atoms with Gasteiger partial charge in [-0.2, -0.15) is 0 Å². The fourth-order valence-corrected chi connectivity index (χ4v) is 4.45. The number of hydrogen-bond acceptors (Lipinski definition) is 4. The largest absolute Gasteiger partial charge is 0.480 e. The Kier molecular flexibility index (Phi) is 7.45. The fraction of sp³-hybridized carbons (Fsp3) is 0.250. The molecule has 3 aromatic rings. The van der Waals surface area contributed by atoms with Crippen molar-refractivity contribution in [2.24, 2.45) is 0 Å². The predicted octanol–water partition coefficient (Wildman–Crippen LogP) is 4.12. The third-order valence-corrected chi connectivity index (χ3v) is 6.26. The van der Waals surface area contributed by atoms with Gasteiger partial charge in [0.2, 0.25) is 5.91 Å². The second kappa shape index (κ2) is 10.9. The molecule has 2 atom stereocenters. The van der Waals surface area contributed by atoms with Gasteiger partial charge in [0.1, 0.15) is 18.7 Å². The number of hydrogen-bond donors (Lipinski definition) is 3.